The van der Waals surface area contributed by atoms with Crippen molar-refractivity contribution < 1.29 is 4.74 Å². The molecule has 1 fully saturated rings. The predicted octanol–water partition coefficient (Wildman–Crippen LogP) is 1.10. The van der Waals surface area contributed by atoms with Crippen molar-refractivity contribution >= 4 is 0 Å². The molecule has 1 N–H and O–H groups in total. The van der Waals surface area contributed by atoms with Gasteiger partial charge in [0, 0.05) is 32.3 Å². The monoisotopic (exact) mass is 200 g/mol. The van der Waals surface area contributed by atoms with Gasteiger partial charge in [-0.25, -0.2) is 0 Å². The van der Waals surface area contributed by atoms with Crippen molar-refractivity contribution in [3.63, 3.8) is 0 Å². The summed E-state index contributed by atoms with van der Waals surface area (Å²) in [7, 11) is 2.02. The van der Waals surface area contributed by atoms with Crippen molar-refractivity contribution in [2.24, 2.45) is 0 Å². The molecule has 84 valence electrons. The summed E-state index contributed by atoms with van der Waals surface area (Å²) >= 11 is 0. The van der Waals surface area contributed by atoms with E-state index in [1.807, 2.05) is 7.05 Å². The number of piperidine rings is 1. The summed E-state index contributed by atoms with van der Waals surface area (Å²) in [6, 6.07) is 0.655. The zero-order valence-corrected chi connectivity index (χ0v) is 9.75. The van der Waals surface area contributed by atoms with Gasteiger partial charge in [0.25, 0.3) is 0 Å². The third-order valence-electron chi connectivity index (χ3n) is 3.00. The molecule has 1 aliphatic rings. The van der Waals surface area contributed by atoms with Crippen LogP contribution in [0.15, 0.2) is 0 Å². The van der Waals surface area contributed by atoms with E-state index in [9.17, 15) is 0 Å². The molecular weight excluding hydrogens is 176 g/mol. The van der Waals surface area contributed by atoms with E-state index in [-0.39, 0.29) is 0 Å². The average Bonchev–Trinajstić information content (AvgIpc) is 2.20. The fourth-order valence-electron chi connectivity index (χ4n) is 2.14. The van der Waals surface area contributed by atoms with Gasteiger partial charge in [-0.2, -0.15) is 0 Å². The van der Waals surface area contributed by atoms with E-state index in [1.165, 1.54) is 25.9 Å². The number of ether oxygens (including phenoxy) is 1. The summed E-state index contributed by atoms with van der Waals surface area (Å²) in [5, 5.41) is 3.23. The summed E-state index contributed by atoms with van der Waals surface area (Å²) in [6.07, 6.45) is 2.90. The van der Waals surface area contributed by atoms with E-state index < -0.39 is 0 Å². The van der Waals surface area contributed by atoms with Crippen molar-refractivity contribution in [1.29, 1.82) is 0 Å². The summed E-state index contributed by atoms with van der Waals surface area (Å²) < 4.78 is 5.63. The predicted molar refractivity (Wildman–Crippen MR) is 59.6 cm³/mol. The van der Waals surface area contributed by atoms with Gasteiger partial charge in [0.1, 0.15) is 0 Å². The van der Waals surface area contributed by atoms with Crippen LogP contribution in [0, 0.1) is 0 Å². The van der Waals surface area contributed by atoms with E-state index in [0.717, 1.165) is 13.2 Å². The van der Waals surface area contributed by atoms with Crippen molar-refractivity contribution in [2.75, 3.05) is 33.3 Å². The highest BCUT2D eigenvalue weighted by atomic mass is 16.5. The van der Waals surface area contributed by atoms with Gasteiger partial charge in [0.05, 0.1) is 6.10 Å². The van der Waals surface area contributed by atoms with Crippen LogP contribution >= 0.6 is 0 Å². The Kier molecular flexibility index (Phi) is 5.45. The van der Waals surface area contributed by atoms with Gasteiger partial charge in [-0.15, -0.1) is 0 Å². The van der Waals surface area contributed by atoms with Gasteiger partial charge in [-0.05, 0) is 33.7 Å². The Morgan fingerprint density at radius 1 is 1.43 bits per heavy atom. The molecule has 1 heterocycles. The van der Waals surface area contributed by atoms with Gasteiger partial charge in [0.2, 0.25) is 0 Å². The molecule has 1 unspecified atom stereocenters. The molecule has 0 aromatic heterocycles. The van der Waals surface area contributed by atoms with Crippen molar-refractivity contribution in [2.45, 2.75) is 38.8 Å². The summed E-state index contributed by atoms with van der Waals surface area (Å²) in [5.74, 6) is 0. The van der Waals surface area contributed by atoms with Crippen LogP contribution in [0.1, 0.15) is 26.7 Å². The van der Waals surface area contributed by atoms with Crippen LogP contribution in [-0.2, 0) is 4.74 Å². The fourth-order valence-corrected chi connectivity index (χ4v) is 2.14. The molecule has 0 aliphatic carbocycles. The maximum absolute atomic E-state index is 5.63. The van der Waals surface area contributed by atoms with Gasteiger partial charge in [-0.3, -0.25) is 4.90 Å². The van der Waals surface area contributed by atoms with Gasteiger partial charge < -0.3 is 10.1 Å². The van der Waals surface area contributed by atoms with Crippen LogP contribution in [0.25, 0.3) is 0 Å². The largest absolute Gasteiger partial charge is 0.378 e. The van der Waals surface area contributed by atoms with Crippen LogP contribution in [0.2, 0.25) is 0 Å². The minimum absolute atomic E-state index is 0.512. The molecule has 0 amide bonds. The first kappa shape index (κ1) is 12.0. The summed E-state index contributed by atoms with van der Waals surface area (Å²) in [5.41, 5.74) is 0. The second-order valence-corrected chi connectivity index (χ2v) is 4.10. The molecule has 1 rings (SSSR count). The summed E-state index contributed by atoms with van der Waals surface area (Å²) in [6.45, 7) is 8.69. The lowest BCUT2D eigenvalue weighted by atomic mass is 10.1. The van der Waals surface area contributed by atoms with Crippen molar-refractivity contribution in [3.05, 3.63) is 0 Å². The van der Waals surface area contributed by atoms with Crippen molar-refractivity contribution in [3.8, 4) is 0 Å². The molecule has 0 bridgehead atoms. The lowest BCUT2D eigenvalue weighted by Crippen LogP contribution is -2.45. The Morgan fingerprint density at radius 2 is 2.07 bits per heavy atom. The average molecular weight is 200 g/mol. The van der Waals surface area contributed by atoms with Gasteiger partial charge in [0.15, 0.2) is 0 Å². The van der Waals surface area contributed by atoms with Crippen LogP contribution < -0.4 is 5.32 Å². The van der Waals surface area contributed by atoms with Crippen LogP contribution in [0.4, 0.5) is 0 Å². The minimum atomic E-state index is 0.512. The SMILES string of the molecule is CCOC1CCN(C(C)CNC)CC1. The van der Waals surface area contributed by atoms with E-state index in [2.05, 4.69) is 24.1 Å². The maximum atomic E-state index is 5.63. The van der Waals surface area contributed by atoms with E-state index in [0.29, 0.717) is 12.1 Å². The first-order valence-electron chi connectivity index (χ1n) is 5.78. The first-order chi connectivity index (χ1) is 6.77. The lowest BCUT2D eigenvalue weighted by molar-refractivity contribution is 0.00609. The topological polar surface area (TPSA) is 24.5 Å². The highest BCUT2D eigenvalue weighted by molar-refractivity contribution is 4.77. The van der Waals surface area contributed by atoms with Crippen LogP contribution in [0.3, 0.4) is 0 Å². The van der Waals surface area contributed by atoms with Crippen LogP contribution in [0.5, 0.6) is 0 Å². The van der Waals surface area contributed by atoms with Crippen LogP contribution in [-0.4, -0.2) is 50.3 Å². The molecule has 0 radical (unpaired) electrons. The quantitative estimate of drug-likeness (QED) is 0.719. The zero-order valence-electron chi connectivity index (χ0n) is 9.75. The molecule has 1 atom stereocenters. The fraction of sp³-hybridized carbons (Fsp3) is 1.00. The number of nitrogens with one attached hydrogen (secondary N) is 1. The second kappa shape index (κ2) is 6.38. The minimum Gasteiger partial charge on any atom is -0.378 e. The number of likely N-dealkylation sites (tertiary alicyclic amines) is 1. The van der Waals surface area contributed by atoms with E-state index >= 15 is 0 Å². The molecule has 3 nitrogen and oxygen atoms in total. The molecule has 1 aliphatic heterocycles. The maximum Gasteiger partial charge on any atom is 0.0599 e. The lowest BCUT2D eigenvalue weighted by Gasteiger charge is -2.35. The molecule has 0 saturated carbocycles. The van der Waals surface area contributed by atoms with E-state index in [1.54, 1.807) is 0 Å². The zero-order chi connectivity index (χ0) is 10.4. The first-order valence-corrected chi connectivity index (χ1v) is 5.78. The van der Waals surface area contributed by atoms with Crippen molar-refractivity contribution in [1.82, 2.24) is 10.2 Å². The number of rotatable bonds is 5. The van der Waals surface area contributed by atoms with Gasteiger partial charge in [-0.1, -0.05) is 0 Å². The Labute approximate surface area is 87.8 Å². The highest BCUT2D eigenvalue weighted by Crippen LogP contribution is 2.15. The third kappa shape index (κ3) is 3.56. The highest BCUT2D eigenvalue weighted by Gasteiger charge is 2.22. The molecule has 1 saturated heterocycles. The number of nitrogens with zero attached hydrogens (tertiary/aromatic N) is 1. The molecule has 3 heteroatoms. The Hall–Kier alpha value is -0.120. The second-order valence-electron chi connectivity index (χ2n) is 4.10. The standard InChI is InChI=1S/C11H24N2O/c1-4-14-11-5-7-13(8-6-11)10(2)9-12-3/h10-12H,4-9H2,1-3H3. The number of hydrogen-bond acceptors (Lipinski definition) is 3. The summed E-state index contributed by atoms with van der Waals surface area (Å²) in [4.78, 5) is 2.55. The molecule has 0 aromatic carbocycles. The Balaban J connectivity index is 2.21. The van der Waals surface area contributed by atoms with Gasteiger partial charge >= 0.3 is 0 Å². The number of hydrogen-bond donors (Lipinski definition) is 1. The smallest absolute Gasteiger partial charge is 0.0599 e. The Morgan fingerprint density at radius 3 is 2.57 bits per heavy atom. The van der Waals surface area contributed by atoms with E-state index in [4.69, 9.17) is 4.74 Å². The number of likely N-dealkylation sites (N-methyl/N-ethyl adjacent to an activating group) is 1. The molecule has 0 spiro atoms. The normalized spacial score (nSPS) is 22.5. The Bertz CT molecular complexity index is 144. The molecular formula is C11H24N2O. The molecule has 14 heavy (non-hydrogen) atoms. The molecule has 0 aromatic rings. The third-order valence-corrected chi connectivity index (χ3v) is 3.00.